The van der Waals surface area contributed by atoms with Crippen molar-refractivity contribution < 1.29 is 27.1 Å². The maximum Gasteiger partial charge on any atom is 0.573 e. The first-order chi connectivity index (χ1) is 14.8. The molecule has 1 amide bonds. The number of hydrogen-bond acceptors (Lipinski definition) is 5. The Balaban J connectivity index is 1.56. The van der Waals surface area contributed by atoms with Crippen LogP contribution in [0.3, 0.4) is 0 Å². The second kappa shape index (κ2) is 8.13. The lowest BCUT2D eigenvalue weighted by molar-refractivity contribution is -0.274. The number of para-hydroxylation sites is 1. The third kappa shape index (κ3) is 4.68. The second-order valence-corrected chi connectivity index (χ2v) is 6.65. The standard InChI is InChI=1S/C21H17F3N4O3/c1-2-19-26-27-20(30-19)17-11-13-5-3-4-6-16(13)28(17)12-18(29)25-14-7-9-15(10-8-14)31-21(22,23)24/h3-11H,2,12H2,1H3,(H,25,29). The Bertz CT molecular complexity index is 1210. The van der Waals surface area contributed by atoms with Gasteiger partial charge in [0.25, 0.3) is 5.89 Å². The van der Waals surface area contributed by atoms with Gasteiger partial charge in [0.15, 0.2) is 0 Å². The first-order valence-electron chi connectivity index (χ1n) is 9.39. The van der Waals surface area contributed by atoms with Crippen LogP contribution < -0.4 is 10.1 Å². The molecule has 2 aromatic carbocycles. The van der Waals surface area contributed by atoms with E-state index < -0.39 is 6.36 Å². The summed E-state index contributed by atoms with van der Waals surface area (Å²) in [5.74, 6) is 0.0431. The molecule has 10 heteroatoms. The van der Waals surface area contributed by atoms with Crippen molar-refractivity contribution in [1.82, 2.24) is 14.8 Å². The second-order valence-electron chi connectivity index (χ2n) is 6.65. The predicted molar refractivity (Wildman–Crippen MR) is 106 cm³/mol. The number of benzene rings is 2. The molecule has 0 saturated carbocycles. The zero-order valence-corrected chi connectivity index (χ0v) is 16.3. The Morgan fingerprint density at radius 2 is 1.87 bits per heavy atom. The minimum absolute atomic E-state index is 0.0620. The van der Waals surface area contributed by atoms with Crippen molar-refractivity contribution in [2.45, 2.75) is 26.3 Å². The summed E-state index contributed by atoms with van der Waals surface area (Å²) in [5, 5.41) is 11.6. The summed E-state index contributed by atoms with van der Waals surface area (Å²) in [6.45, 7) is 1.83. The maximum atomic E-state index is 12.7. The van der Waals surface area contributed by atoms with Gasteiger partial charge in [-0.25, -0.2) is 0 Å². The molecule has 0 fully saturated rings. The molecule has 0 unspecified atom stereocenters. The molecule has 31 heavy (non-hydrogen) atoms. The number of halogens is 3. The number of rotatable bonds is 6. The number of anilines is 1. The number of carbonyl (C=O) groups excluding carboxylic acids is 1. The molecule has 0 saturated heterocycles. The third-order valence-corrected chi connectivity index (χ3v) is 4.47. The van der Waals surface area contributed by atoms with Crippen LogP contribution in [-0.2, 0) is 17.8 Å². The van der Waals surface area contributed by atoms with E-state index >= 15 is 0 Å². The van der Waals surface area contributed by atoms with E-state index in [4.69, 9.17) is 4.42 Å². The number of nitrogens with one attached hydrogen (secondary N) is 1. The van der Waals surface area contributed by atoms with Gasteiger partial charge >= 0.3 is 6.36 Å². The minimum Gasteiger partial charge on any atom is -0.419 e. The highest BCUT2D eigenvalue weighted by Gasteiger charge is 2.31. The molecular weight excluding hydrogens is 413 g/mol. The van der Waals surface area contributed by atoms with Crippen molar-refractivity contribution in [1.29, 1.82) is 0 Å². The van der Waals surface area contributed by atoms with Crippen molar-refractivity contribution in [2.24, 2.45) is 0 Å². The molecule has 4 rings (SSSR count). The van der Waals surface area contributed by atoms with Gasteiger partial charge in [0.1, 0.15) is 18.0 Å². The summed E-state index contributed by atoms with van der Waals surface area (Å²) >= 11 is 0. The van der Waals surface area contributed by atoms with Crippen LogP contribution in [0.4, 0.5) is 18.9 Å². The zero-order valence-electron chi connectivity index (χ0n) is 16.3. The Morgan fingerprint density at radius 3 is 2.55 bits per heavy atom. The summed E-state index contributed by atoms with van der Waals surface area (Å²) in [4.78, 5) is 12.7. The molecule has 4 aromatic rings. The topological polar surface area (TPSA) is 82.2 Å². The van der Waals surface area contributed by atoms with Gasteiger partial charge in [-0.3, -0.25) is 4.79 Å². The van der Waals surface area contributed by atoms with Gasteiger partial charge in [-0.05, 0) is 36.4 Å². The molecule has 0 bridgehead atoms. The highest BCUT2D eigenvalue weighted by atomic mass is 19.4. The highest BCUT2D eigenvalue weighted by Crippen LogP contribution is 2.28. The lowest BCUT2D eigenvalue weighted by Crippen LogP contribution is -2.19. The minimum atomic E-state index is -4.77. The lowest BCUT2D eigenvalue weighted by atomic mass is 10.2. The quantitative estimate of drug-likeness (QED) is 0.476. The number of fused-ring (bicyclic) bond motifs is 1. The average Bonchev–Trinajstić information content (AvgIpc) is 3.33. The number of nitrogens with zero attached hydrogens (tertiary/aromatic N) is 3. The molecular formula is C21H17F3N4O3. The van der Waals surface area contributed by atoms with Gasteiger partial charge in [-0.1, -0.05) is 25.1 Å². The molecule has 1 N–H and O–H groups in total. The number of carbonyl (C=O) groups is 1. The Morgan fingerprint density at radius 1 is 1.13 bits per heavy atom. The molecule has 0 aliphatic heterocycles. The monoisotopic (exact) mass is 430 g/mol. The fraction of sp³-hybridized carbons (Fsp3) is 0.190. The normalized spacial score (nSPS) is 11.6. The van der Waals surface area contributed by atoms with Crippen molar-refractivity contribution in [3.63, 3.8) is 0 Å². The van der Waals surface area contributed by atoms with E-state index in [1.54, 1.807) is 4.57 Å². The average molecular weight is 430 g/mol. The SMILES string of the molecule is CCc1nnc(-c2cc3ccccc3n2CC(=O)Nc2ccc(OC(F)(F)F)cc2)o1. The number of ether oxygens (including phenoxy) is 1. The first-order valence-corrected chi connectivity index (χ1v) is 9.39. The van der Waals surface area contributed by atoms with Crippen molar-refractivity contribution in [3.8, 4) is 17.3 Å². The van der Waals surface area contributed by atoms with Crippen LogP contribution in [0.25, 0.3) is 22.5 Å². The summed E-state index contributed by atoms with van der Waals surface area (Å²) in [6, 6.07) is 14.3. The van der Waals surface area contributed by atoms with Crippen LogP contribution in [0.15, 0.2) is 59.0 Å². The van der Waals surface area contributed by atoms with Gasteiger partial charge in [0, 0.05) is 23.0 Å². The number of alkyl halides is 3. The molecule has 160 valence electrons. The molecule has 0 aliphatic rings. The van der Waals surface area contributed by atoms with Crippen molar-refractivity contribution in [2.75, 3.05) is 5.32 Å². The maximum absolute atomic E-state index is 12.7. The molecule has 0 atom stereocenters. The van der Waals surface area contributed by atoms with Gasteiger partial charge in [0.05, 0.1) is 0 Å². The molecule has 2 aromatic heterocycles. The van der Waals surface area contributed by atoms with E-state index in [2.05, 4.69) is 20.3 Å². The van der Waals surface area contributed by atoms with E-state index in [9.17, 15) is 18.0 Å². The highest BCUT2D eigenvalue weighted by molar-refractivity contribution is 5.93. The summed E-state index contributed by atoms with van der Waals surface area (Å²) in [5.41, 5.74) is 1.74. The molecule has 0 aliphatic carbocycles. The van der Waals surface area contributed by atoms with Crippen LogP contribution in [0.1, 0.15) is 12.8 Å². The summed E-state index contributed by atoms with van der Waals surface area (Å²) < 4.78 is 48.1. The predicted octanol–water partition coefficient (Wildman–Crippen LogP) is 4.79. The third-order valence-electron chi connectivity index (χ3n) is 4.47. The van der Waals surface area contributed by atoms with Crippen LogP contribution >= 0.6 is 0 Å². The Hall–Kier alpha value is -3.82. The van der Waals surface area contributed by atoms with Gasteiger partial charge in [-0.15, -0.1) is 23.4 Å². The first kappa shape index (κ1) is 20.5. The zero-order chi connectivity index (χ0) is 22.0. The van der Waals surface area contributed by atoms with Gasteiger partial charge in [0.2, 0.25) is 11.8 Å². The van der Waals surface area contributed by atoms with Crippen LogP contribution in [0, 0.1) is 0 Å². The summed E-state index contributed by atoms with van der Waals surface area (Å²) in [7, 11) is 0. The van der Waals surface area contributed by atoms with E-state index in [1.807, 2.05) is 37.3 Å². The van der Waals surface area contributed by atoms with Crippen LogP contribution in [0.5, 0.6) is 5.75 Å². The molecule has 0 spiro atoms. The molecule has 7 nitrogen and oxygen atoms in total. The molecule has 0 radical (unpaired) electrons. The summed E-state index contributed by atoms with van der Waals surface area (Å²) in [6.07, 6.45) is -4.19. The smallest absolute Gasteiger partial charge is 0.419 e. The molecule has 2 heterocycles. The van der Waals surface area contributed by atoms with Crippen LogP contribution in [-0.4, -0.2) is 27.0 Å². The van der Waals surface area contributed by atoms with Gasteiger partial charge < -0.3 is 19.0 Å². The fourth-order valence-corrected chi connectivity index (χ4v) is 3.14. The fourth-order valence-electron chi connectivity index (χ4n) is 3.14. The van der Waals surface area contributed by atoms with E-state index in [1.165, 1.54) is 12.1 Å². The Labute approximate surface area is 174 Å². The van der Waals surface area contributed by atoms with Crippen molar-refractivity contribution >= 4 is 22.5 Å². The number of aromatic nitrogens is 3. The lowest BCUT2D eigenvalue weighted by Gasteiger charge is -2.11. The number of amides is 1. The van der Waals surface area contributed by atoms with E-state index in [-0.39, 0.29) is 18.2 Å². The number of aryl methyl sites for hydroxylation is 1. The van der Waals surface area contributed by atoms with Crippen molar-refractivity contribution in [3.05, 3.63) is 60.5 Å². The van der Waals surface area contributed by atoms with Gasteiger partial charge in [-0.2, -0.15) is 0 Å². The van der Waals surface area contributed by atoms with E-state index in [0.29, 0.717) is 29.6 Å². The number of hydrogen-bond donors (Lipinski definition) is 1. The Kier molecular flexibility index (Phi) is 5.37. The van der Waals surface area contributed by atoms with Crippen LogP contribution in [0.2, 0.25) is 0 Å². The van der Waals surface area contributed by atoms with E-state index in [0.717, 1.165) is 23.0 Å². The largest absolute Gasteiger partial charge is 0.573 e.